The van der Waals surface area contributed by atoms with Gasteiger partial charge in [-0.25, -0.2) is 17.9 Å². The van der Waals surface area contributed by atoms with E-state index in [0.717, 1.165) is 5.56 Å². The molecule has 0 amide bonds. The smallest absolute Gasteiger partial charge is 0.360 e. The monoisotopic (exact) mass is 326 g/mol. The second-order valence-corrected chi connectivity index (χ2v) is 5.25. The van der Waals surface area contributed by atoms with Crippen molar-refractivity contribution >= 4 is 22.5 Å². The molecule has 1 heterocycles. The Balaban J connectivity index is 2.26. The zero-order valence-corrected chi connectivity index (χ0v) is 12.5. The third-order valence-electron chi connectivity index (χ3n) is 2.80. The molecule has 0 radical (unpaired) electrons. The van der Waals surface area contributed by atoms with Crippen LogP contribution < -0.4 is 10.1 Å². The van der Waals surface area contributed by atoms with Gasteiger partial charge in [-0.15, -0.1) is 5.10 Å². The van der Waals surface area contributed by atoms with Crippen LogP contribution in [-0.4, -0.2) is 47.5 Å². The SMILES string of the molecule is COc1ccc(Cn2nnc(C(=O)O)c2NC[SH](=O)=O)cc1. The van der Waals surface area contributed by atoms with E-state index in [-0.39, 0.29) is 18.1 Å². The molecule has 0 atom stereocenters. The van der Waals surface area contributed by atoms with Crippen LogP contribution in [0.1, 0.15) is 16.1 Å². The number of carboxylic acid groups (broad SMARTS) is 1. The third kappa shape index (κ3) is 3.73. The molecule has 0 fully saturated rings. The van der Waals surface area contributed by atoms with Gasteiger partial charge < -0.3 is 15.2 Å². The maximum atomic E-state index is 11.1. The molecule has 0 saturated heterocycles. The Kier molecular flexibility index (Phi) is 4.94. The van der Waals surface area contributed by atoms with Crippen LogP contribution in [0.3, 0.4) is 0 Å². The number of methoxy groups -OCH3 is 1. The standard InChI is InChI=1S/C12H14N4O5S/c1-21-9-4-2-8(3-5-9)6-16-11(13-7-22(19)20)10(12(17)18)14-15-16/h2-5,13,22H,6-7H2,1H3,(H,17,18). The van der Waals surface area contributed by atoms with Crippen LogP contribution in [-0.2, 0) is 17.2 Å². The minimum absolute atomic E-state index is 0.0440. The molecule has 0 bridgehead atoms. The average Bonchev–Trinajstić information content (AvgIpc) is 2.89. The molecule has 0 aliphatic carbocycles. The number of ether oxygens (including phenoxy) is 1. The van der Waals surface area contributed by atoms with Gasteiger partial charge in [-0.3, -0.25) is 0 Å². The molecule has 22 heavy (non-hydrogen) atoms. The maximum Gasteiger partial charge on any atom is 0.360 e. The highest BCUT2D eigenvalue weighted by molar-refractivity contribution is 7.72. The molecule has 2 rings (SSSR count). The molecule has 2 aromatic rings. The molecule has 1 aromatic heterocycles. The van der Waals surface area contributed by atoms with E-state index in [9.17, 15) is 13.2 Å². The van der Waals surface area contributed by atoms with E-state index in [2.05, 4.69) is 15.6 Å². The van der Waals surface area contributed by atoms with E-state index in [1.807, 2.05) is 0 Å². The van der Waals surface area contributed by atoms with Crippen molar-refractivity contribution in [1.82, 2.24) is 15.0 Å². The Hall–Kier alpha value is -2.62. The fourth-order valence-corrected chi connectivity index (χ4v) is 2.06. The van der Waals surface area contributed by atoms with Gasteiger partial charge in [-0.05, 0) is 17.7 Å². The summed E-state index contributed by atoms with van der Waals surface area (Å²) in [6, 6.07) is 7.09. The Morgan fingerprint density at radius 3 is 2.59 bits per heavy atom. The fraction of sp³-hybridized carbons (Fsp3) is 0.250. The predicted molar refractivity (Wildman–Crippen MR) is 77.9 cm³/mol. The lowest BCUT2D eigenvalue weighted by molar-refractivity contribution is 0.0691. The van der Waals surface area contributed by atoms with Crippen LogP contribution in [0.15, 0.2) is 24.3 Å². The van der Waals surface area contributed by atoms with Crippen LogP contribution in [0.2, 0.25) is 0 Å². The number of nitrogens with zero attached hydrogens (tertiary/aromatic N) is 3. The lowest BCUT2D eigenvalue weighted by Crippen LogP contribution is -2.13. The second-order valence-electron chi connectivity index (χ2n) is 4.27. The van der Waals surface area contributed by atoms with Gasteiger partial charge in [0.25, 0.3) is 0 Å². The van der Waals surface area contributed by atoms with Gasteiger partial charge in [-0.2, -0.15) is 0 Å². The lowest BCUT2D eigenvalue weighted by atomic mass is 10.2. The first-order valence-electron chi connectivity index (χ1n) is 6.16. The average molecular weight is 326 g/mol. The first-order chi connectivity index (χ1) is 10.5. The molecule has 0 saturated carbocycles. The molecule has 1 aromatic carbocycles. The summed E-state index contributed by atoms with van der Waals surface area (Å²) >= 11 is 0. The number of thiol groups is 1. The van der Waals surface area contributed by atoms with Crippen molar-refractivity contribution in [3.63, 3.8) is 0 Å². The number of nitrogens with one attached hydrogen (secondary N) is 1. The van der Waals surface area contributed by atoms with Crippen molar-refractivity contribution in [2.45, 2.75) is 6.54 Å². The summed E-state index contributed by atoms with van der Waals surface area (Å²) in [6.45, 7) is 0.238. The molecular formula is C12H14N4O5S. The van der Waals surface area contributed by atoms with E-state index in [0.29, 0.717) is 5.75 Å². The number of aromatic carboxylic acids is 1. The Morgan fingerprint density at radius 2 is 2.05 bits per heavy atom. The van der Waals surface area contributed by atoms with E-state index >= 15 is 0 Å². The molecule has 2 N–H and O–H groups in total. The largest absolute Gasteiger partial charge is 0.497 e. The number of aromatic nitrogens is 3. The minimum Gasteiger partial charge on any atom is -0.497 e. The van der Waals surface area contributed by atoms with E-state index < -0.39 is 22.6 Å². The van der Waals surface area contributed by atoms with Crippen LogP contribution in [0.25, 0.3) is 0 Å². The molecule has 0 aliphatic rings. The van der Waals surface area contributed by atoms with Gasteiger partial charge in [0.15, 0.2) is 16.5 Å². The van der Waals surface area contributed by atoms with Gasteiger partial charge in [-0.1, -0.05) is 17.3 Å². The normalized spacial score (nSPS) is 10.6. The maximum absolute atomic E-state index is 11.1. The van der Waals surface area contributed by atoms with Gasteiger partial charge >= 0.3 is 5.97 Å². The predicted octanol–water partition coefficient (Wildman–Crippen LogP) is 0.0140. The highest BCUT2D eigenvalue weighted by Crippen LogP contribution is 2.16. The van der Waals surface area contributed by atoms with Gasteiger partial charge in [0.2, 0.25) is 5.69 Å². The second kappa shape index (κ2) is 6.89. The van der Waals surface area contributed by atoms with Crippen LogP contribution in [0.5, 0.6) is 5.75 Å². The van der Waals surface area contributed by atoms with Crippen molar-refractivity contribution in [3.05, 3.63) is 35.5 Å². The number of hydrogen-bond acceptors (Lipinski definition) is 7. The summed E-state index contributed by atoms with van der Waals surface area (Å²) in [6.07, 6.45) is 0. The third-order valence-corrected chi connectivity index (χ3v) is 3.22. The summed E-state index contributed by atoms with van der Waals surface area (Å²) in [5.74, 6) is -0.951. The van der Waals surface area contributed by atoms with E-state index in [4.69, 9.17) is 9.84 Å². The Bertz CT molecular complexity index is 730. The molecule has 0 spiro atoms. The lowest BCUT2D eigenvalue weighted by Gasteiger charge is -2.08. The van der Waals surface area contributed by atoms with Gasteiger partial charge in [0.1, 0.15) is 11.6 Å². The highest BCUT2D eigenvalue weighted by Gasteiger charge is 2.19. The molecule has 0 unspecified atom stereocenters. The molecule has 0 aliphatic heterocycles. The summed E-state index contributed by atoms with van der Waals surface area (Å²) < 4.78 is 27.7. The topological polar surface area (TPSA) is 123 Å². The number of hydrogen-bond donors (Lipinski definition) is 3. The fourth-order valence-electron chi connectivity index (χ4n) is 1.79. The van der Waals surface area contributed by atoms with Crippen LogP contribution >= 0.6 is 0 Å². The van der Waals surface area contributed by atoms with Crippen molar-refractivity contribution < 1.29 is 23.1 Å². The van der Waals surface area contributed by atoms with E-state index in [1.165, 1.54) is 4.68 Å². The van der Waals surface area contributed by atoms with Gasteiger partial charge in [0.05, 0.1) is 13.7 Å². The first kappa shape index (κ1) is 15.8. The molecule has 118 valence electrons. The number of anilines is 1. The van der Waals surface area contributed by atoms with Crippen molar-refractivity contribution in [3.8, 4) is 5.75 Å². The van der Waals surface area contributed by atoms with E-state index in [1.54, 1.807) is 31.4 Å². The van der Waals surface area contributed by atoms with Crippen molar-refractivity contribution in [1.29, 1.82) is 0 Å². The Labute approximate surface area is 127 Å². The molecular weight excluding hydrogens is 312 g/mol. The summed E-state index contributed by atoms with van der Waals surface area (Å²) in [7, 11) is -1.15. The number of benzene rings is 1. The molecule has 10 heteroatoms. The zero-order valence-electron chi connectivity index (χ0n) is 11.6. The van der Waals surface area contributed by atoms with Crippen molar-refractivity contribution in [2.24, 2.45) is 0 Å². The molecule has 9 nitrogen and oxygen atoms in total. The van der Waals surface area contributed by atoms with Crippen molar-refractivity contribution in [2.75, 3.05) is 18.3 Å². The van der Waals surface area contributed by atoms with Crippen LogP contribution in [0.4, 0.5) is 5.82 Å². The highest BCUT2D eigenvalue weighted by atomic mass is 32.2. The number of rotatable bonds is 7. The number of carbonyl (C=O) groups is 1. The minimum atomic E-state index is -2.70. The Morgan fingerprint density at radius 1 is 1.36 bits per heavy atom. The zero-order chi connectivity index (χ0) is 16.1. The van der Waals surface area contributed by atoms with Gasteiger partial charge in [0, 0.05) is 0 Å². The first-order valence-corrected chi connectivity index (χ1v) is 7.53. The summed E-state index contributed by atoms with van der Waals surface area (Å²) in [5.41, 5.74) is 0.502. The summed E-state index contributed by atoms with van der Waals surface area (Å²) in [5, 5.41) is 18.9. The number of carboxylic acids is 1. The quantitative estimate of drug-likeness (QED) is 0.608. The summed E-state index contributed by atoms with van der Waals surface area (Å²) in [4.78, 5) is 11.1. The van der Waals surface area contributed by atoms with Crippen LogP contribution in [0, 0.1) is 0 Å².